The van der Waals surface area contributed by atoms with Gasteiger partial charge in [-0.05, 0) is 12.1 Å². The Morgan fingerprint density at radius 1 is 1.37 bits per heavy atom. The molecule has 0 bridgehead atoms. The highest BCUT2D eigenvalue weighted by atomic mass is 16.6. The summed E-state index contributed by atoms with van der Waals surface area (Å²) in [5, 5.41) is 11.1. The number of pyridine rings is 1. The van der Waals surface area contributed by atoms with Crippen molar-refractivity contribution in [2.75, 3.05) is 18.6 Å². The highest BCUT2D eigenvalue weighted by molar-refractivity contribution is 5.79. The molecule has 0 fully saturated rings. The van der Waals surface area contributed by atoms with Crippen LogP contribution in [0.1, 0.15) is 0 Å². The molecule has 0 aromatic carbocycles. The normalized spacial score (nSPS) is 10.2. The molecular weight excluding hydrogens is 252 g/mol. The number of nitrogens with zero attached hydrogens (tertiary/aromatic N) is 4. The molecular formula is C10H10N6O3. The maximum atomic E-state index is 11.1. The largest absolute Gasteiger partial charge is 0.481 e. The number of hydrogen-bond acceptors (Lipinski definition) is 8. The van der Waals surface area contributed by atoms with Crippen LogP contribution < -0.4 is 16.2 Å². The van der Waals surface area contributed by atoms with Crippen molar-refractivity contribution >= 4 is 17.5 Å². The third kappa shape index (κ3) is 2.20. The van der Waals surface area contributed by atoms with Crippen LogP contribution in [0.3, 0.4) is 0 Å². The molecule has 0 saturated carbocycles. The van der Waals surface area contributed by atoms with Gasteiger partial charge in [-0.2, -0.15) is 4.98 Å². The Kier molecular flexibility index (Phi) is 3.10. The fourth-order valence-corrected chi connectivity index (χ4v) is 1.59. The minimum absolute atomic E-state index is 0.0278. The smallest absolute Gasteiger partial charge is 0.337 e. The fraction of sp³-hybridized carbons (Fsp3) is 0.100. The van der Waals surface area contributed by atoms with Gasteiger partial charge in [-0.3, -0.25) is 10.1 Å². The van der Waals surface area contributed by atoms with Crippen LogP contribution in [0, 0.1) is 10.1 Å². The summed E-state index contributed by atoms with van der Waals surface area (Å²) in [6, 6.07) is 3.16. The van der Waals surface area contributed by atoms with E-state index in [2.05, 4.69) is 15.0 Å². The van der Waals surface area contributed by atoms with E-state index in [0.717, 1.165) is 0 Å². The number of anilines is 2. The van der Waals surface area contributed by atoms with Crippen molar-refractivity contribution in [2.24, 2.45) is 0 Å². The number of aromatic nitrogens is 3. The summed E-state index contributed by atoms with van der Waals surface area (Å²) in [5.74, 6) is -0.287. The zero-order valence-electron chi connectivity index (χ0n) is 9.90. The average molecular weight is 262 g/mol. The lowest BCUT2D eigenvalue weighted by molar-refractivity contribution is -0.383. The van der Waals surface area contributed by atoms with Crippen LogP contribution >= 0.6 is 0 Å². The standard InChI is InChI=1S/C10H10N6O3/c1-19-9-5(3-2-4-13-9)6-7(16(17)18)8(11)15-10(12)14-6/h2-4H,1H3,(H4,11,12,14,15). The number of ether oxygens (including phenoxy) is 1. The first-order valence-electron chi connectivity index (χ1n) is 5.11. The molecule has 9 heteroatoms. The van der Waals surface area contributed by atoms with Crippen LogP contribution in [0.15, 0.2) is 18.3 Å². The molecule has 4 N–H and O–H groups in total. The predicted molar refractivity (Wildman–Crippen MR) is 67.3 cm³/mol. The zero-order chi connectivity index (χ0) is 14.0. The number of rotatable bonds is 3. The van der Waals surface area contributed by atoms with Gasteiger partial charge < -0.3 is 16.2 Å². The highest BCUT2D eigenvalue weighted by Gasteiger charge is 2.26. The Bertz CT molecular complexity index is 645. The zero-order valence-corrected chi connectivity index (χ0v) is 9.90. The molecule has 0 aliphatic carbocycles. The van der Waals surface area contributed by atoms with Crippen molar-refractivity contribution < 1.29 is 9.66 Å². The molecule has 9 nitrogen and oxygen atoms in total. The van der Waals surface area contributed by atoms with E-state index in [1.807, 2.05) is 0 Å². The van der Waals surface area contributed by atoms with Gasteiger partial charge in [0, 0.05) is 6.20 Å². The Morgan fingerprint density at radius 3 is 2.74 bits per heavy atom. The summed E-state index contributed by atoms with van der Waals surface area (Å²) in [5.41, 5.74) is 10.8. The van der Waals surface area contributed by atoms with E-state index >= 15 is 0 Å². The summed E-state index contributed by atoms with van der Waals surface area (Å²) < 4.78 is 5.04. The van der Waals surface area contributed by atoms with Crippen LogP contribution in [0.5, 0.6) is 5.88 Å². The monoisotopic (exact) mass is 262 g/mol. The minimum Gasteiger partial charge on any atom is -0.481 e. The van der Waals surface area contributed by atoms with Crippen molar-refractivity contribution in [3.63, 3.8) is 0 Å². The van der Waals surface area contributed by atoms with Crippen LogP contribution in [-0.2, 0) is 0 Å². The number of nitrogens with two attached hydrogens (primary N) is 2. The summed E-state index contributed by atoms with van der Waals surface area (Å²) in [6.45, 7) is 0. The first kappa shape index (κ1) is 12.5. The summed E-state index contributed by atoms with van der Waals surface area (Å²) in [4.78, 5) is 21.8. The van der Waals surface area contributed by atoms with Gasteiger partial charge in [0.25, 0.3) is 0 Å². The lowest BCUT2D eigenvalue weighted by atomic mass is 10.1. The van der Waals surface area contributed by atoms with Gasteiger partial charge in [0.05, 0.1) is 17.6 Å². The van der Waals surface area contributed by atoms with Gasteiger partial charge in [0.1, 0.15) is 0 Å². The highest BCUT2D eigenvalue weighted by Crippen LogP contribution is 2.36. The molecule has 0 radical (unpaired) electrons. The summed E-state index contributed by atoms with van der Waals surface area (Å²) in [6.07, 6.45) is 1.49. The van der Waals surface area contributed by atoms with Crippen LogP contribution in [0.4, 0.5) is 17.5 Å². The minimum atomic E-state index is -0.670. The molecule has 19 heavy (non-hydrogen) atoms. The third-order valence-electron chi connectivity index (χ3n) is 2.33. The second-order valence-electron chi connectivity index (χ2n) is 3.48. The van der Waals surface area contributed by atoms with Crippen molar-refractivity contribution in [3.05, 3.63) is 28.4 Å². The quantitative estimate of drug-likeness (QED) is 0.605. The van der Waals surface area contributed by atoms with Crippen molar-refractivity contribution in [1.29, 1.82) is 0 Å². The van der Waals surface area contributed by atoms with Crippen molar-refractivity contribution in [1.82, 2.24) is 15.0 Å². The molecule has 0 saturated heterocycles. The Labute approximate surface area is 107 Å². The number of nitro groups is 1. The van der Waals surface area contributed by atoms with Gasteiger partial charge >= 0.3 is 5.69 Å². The predicted octanol–water partition coefficient (Wildman–Crippen LogP) is 0.620. The molecule has 2 aromatic rings. The Morgan fingerprint density at radius 2 is 2.11 bits per heavy atom. The molecule has 0 unspecified atom stereocenters. The second-order valence-corrected chi connectivity index (χ2v) is 3.48. The van der Waals surface area contributed by atoms with Crippen LogP contribution in [0.25, 0.3) is 11.3 Å². The SMILES string of the molecule is COc1ncccc1-c1nc(N)nc(N)c1[N+](=O)[O-]. The Hall–Kier alpha value is -2.97. The van der Waals surface area contributed by atoms with Crippen molar-refractivity contribution in [3.8, 4) is 17.1 Å². The summed E-state index contributed by atoms with van der Waals surface area (Å²) >= 11 is 0. The second kappa shape index (κ2) is 4.72. The van der Waals surface area contributed by atoms with Gasteiger partial charge in [-0.15, -0.1) is 0 Å². The molecule has 98 valence electrons. The first-order valence-corrected chi connectivity index (χ1v) is 5.11. The maximum Gasteiger partial charge on any atom is 0.337 e. The van der Waals surface area contributed by atoms with Gasteiger partial charge in [-0.25, -0.2) is 9.97 Å². The fourth-order valence-electron chi connectivity index (χ4n) is 1.59. The molecule has 0 amide bonds. The number of methoxy groups -OCH3 is 1. The van der Waals surface area contributed by atoms with E-state index in [1.165, 1.54) is 13.3 Å². The van der Waals surface area contributed by atoms with Crippen LogP contribution in [0.2, 0.25) is 0 Å². The number of nitrogen functional groups attached to an aromatic ring is 2. The molecule has 2 aromatic heterocycles. The lowest BCUT2D eigenvalue weighted by Crippen LogP contribution is -2.07. The number of hydrogen-bond donors (Lipinski definition) is 2. The Balaban J connectivity index is 2.77. The van der Waals surface area contributed by atoms with E-state index in [4.69, 9.17) is 16.2 Å². The molecule has 2 heterocycles. The summed E-state index contributed by atoms with van der Waals surface area (Å²) in [7, 11) is 1.39. The van der Waals surface area contributed by atoms with E-state index in [-0.39, 0.29) is 23.3 Å². The molecule has 0 spiro atoms. The van der Waals surface area contributed by atoms with Crippen molar-refractivity contribution in [2.45, 2.75) is 0 Å². The van der Waals surface area contributed by atoms with E-state index in [9.17, 15) is 10.1 Å². The third-order valence-corrected chi connectivity index (χ3v) is 2.33. The van der Waals surface area contributed by atoms with E-state index in [1.54, 1.807) is 12.1 Å². The van der Waals surface area contributed by atoms with E-state index < -0.39 is 10.6 Å². The van der Waals surface area contributed by atoms with Gasteiger partial charge in [-0.1, -0.05) is 0 Å². The first-order chi connectivity index (χ1) is 9.04. The lowest BCUT2D eigenvalue weighted by Gasteiger charge is -2.08. The molecule has 0 atom stereocenters. The molecule has 0 aliphatic rings. The molecule has 2 rings (SSSR count). The van der Waals surface area contributed by atoms with Crippen LogP contribution in [-0.4, -0.2) is 27.0 Å². The van der Waals surface area contributed by atoms with Gasteiger partial charge in [0.2, 0.25) is 17.6 Å². The average Bonchev–Trinajstić information content (AvgIpc) is 2.37. The topological polar surface area (TPSA) is 143 Å². The van der Waals surface area contributed by atoms with E-state index in [0.29, 0.717) is 5.56 Å². The molecule has 0 aliphatic heterocycles. The maximum absolute atomic E-state index is 11.1. The van der Waals surface area contributed by atoms with Gasteiger partial charge in [0.15, 0.2) is 5.69 Å².